The van der Waals surface area contributed by atoms with Crippen LogP contribution in [0.5, 0.6) is 5.75 Å². The summed E-state index contributed by atoms with van der Waals surface area (Å²) in [5.41, 5.74) is 2.86. The first-order valence-electron chi connectivity index (χ1n) is 10.0. The van der Waals surface area contributed by atoms with E-state index in [-0.39, 0.29) is 6.04 Å². The number of fused-ring (bicyclic) bond motifs is 1. The molecule has 0 saturated carbocycles. The Morgan fingerprint density at radius 1 is 1.23 bits per heavy atom. The standard InChI is InChI=1S/C23H26FN5O2/c1-6-7-20(31-29-14(2)3)15(4)28-23-18-10-16(19-9-8-17(24)12-25-19)11-21(30-5)22(18)26-13-27-23/h7-13,15H,6H2,1-5H3,(H,26,27,28)/b20-7+. The molecule has 1 unspecified atom stereocenters. The third-order valence-corrected chi connectivity index (χ3v) is 4.47. The molecule has 0 fully saturated rings. The Hall–Kier alpha value is -3.55. The van der Waals surface area contributed by atoms with E-state index in [1.54, 1.807) is 13.2 Å². The molecule has 3 rings (SSSR count). The van der Waals surface area contributed by atoms with Gasteiger partial charge in [-0.1, -0.05) is 12.1 Å². The van der Waals surface area contributed by atoms with Crippen LogP contribution in [-0.2, 0) is 4.84 Å². The van der Waals surface area contributed by atoms with Gasteiger partial charge in [0.25, 0.3) is 0 Å². The average Bonchev–Trinajstić information content (AvgIpc) is 2.76. The number of oxime groups is 1. The molecule has 0 aliphatic heterocycles. The summed E-state index contributed by atoms with van der Waals surface area (Å²) in [4.78, 5) is 18.6. The minimum atomic E-state index is -0.392. The Kier molecular flexibility index (Phi) is 7.12. The molecule has 2 heterocycles. The molecule has 0 radical (unpaired) electrons. The van der Waals surface area contributed by atoms with Crippen LogP contribution in [0.1, 0.15) is 34.1 Å². The van der Waals surface area contributed by atoms with E-state index < -0.39 is 5.82 Å². The van der Waals surface area contributed by atoms with Crippen LogP contribution in [0, 0.1) is 5.82 Å². The van der Waals surface area contributed by atoms with Crippen LogP contribution in [0.3, 0.4) is 0 Å². The second kappa shape index (κ2) is 9.97. The van der Waals surface area contributed by atoms with Gasteiger partial charge in [-0.3, -0.25) is 4.98 Å². The third kappa shape index (κ3) is 5.33. The molecule has 162 valence electrons. The summed E-state index contributed by atoms with van der Waals surface area (Å²) >= 11 is 0. The highest BCUT2D eigenvalue weighted by Gasteiger charge is 2.16. The third-order valence-electron chi connectivity index (χ3n) is 4.47. The fourth-order valence-corrected chi connectivity index (χ4v) is 3.01. The van der Waals surface area contributed by atoms with E-state index in [0.29, 0.717) is 28.5 Å². The maximum atomic E-state index is 13.3. The van der Waals surface area contributed by atoms with Crippen molar-refractivity contribution in [2.75, 3.05) is 12.4 Å². The molecule has 0 spiro atoms. The first-order chi connectivity index (χ1) is 14.9. The van der Waals surface area contributed by atoms with Gasteiger partial charge in [0, 0.05) is 10.9 Å². The molecule has 3 aromatic rings. The molecule has 0 bridgehead atoms. The highest BCUT2D eigenvalue weighted by Crippen LogP contribution is 2.33. The minimum Gasteiger partial charge on any atom is -0.494 e. The first-order valence-corrected chi connectivity index (χ1v) is 10.0. The predicted octanol–water partition coefficient (Wildman–Crippen LogP) is 5.35. The van der Waals surface area contributed by atoms with E-state index in [2.05, 4.69) is 25.4 Å². The molecular weight excluding hydrogens is 397 g/mol. The molecule has 7 nitrogen and oxygen atoms in total. The van der Waals surface area contributed by atoms with Crippen molar-refractivity contribution < 1.29 is 14.0 Å². The number of hydrogen-bond acceptors (Lipinski definition) is 7. The number of halogens is 1. The molecule has 0 saturated heterocycles. The molecular formula is C23H26FN5O2. The van der Waals surface area contributed by atoms with Crippen molar-refractivity contribution in [1.29, 1.82) is 0 Å². The van der Waals surface area contributed by atoms with Gasteiger partial charge in [0.2, 0.25) is 0 Å². The van der Waals surface area contributed by atoms with Crippen LogP contribution < -0.4 is 10.1 Å². The zero-order chi connectivity index (χ0) is 22.4. The van der Waals surface area contributed by atoms with E-state index >= 15 is 0 Å². The van der Waals surface area contributed by atoms with Gasteiger partial charge >= 0.3 is 0 Å². The lowest BCUT2D eigenvalue weighted by atomic mass is 10.1. The summed E-state index contributed by atoms with van der Waals surface area (Å²) < 4.78 is 18.9. The highest BCUT2D eigenvalue weighted by atomic mass is 19.1. The summed E-state index contributed by atoms with van der Waals surface area (Å²) in [5.74, 6) is 1.49. The van der Waals surface area contributed by atoms with Crippen molar-refractivity contribution in [3.63, 3.8) is 0 Å². The number of nitrogens with one attached hydrogen (secondary N) is 1. The summed E-state index contributed by atoms with van der Waals surface area (Å²) in [6.07, 6.45) is 5.44. The Morgan fingerprint density at radius 3 is 2.68 bits per heavy atom. The molecule has 31 heavy (non-hydrogen) atoms. The maximum Gasteiger partial charge on any atom is 0.152 e. The Morgan fingerprint density at radius 2 is 2.03 bits per heavy atom. The number of allylic oxidation sites excluding steroid dienone is 1. The van der Waals surface area contributed by atoms with Gasteiger partial charge in [0.05, 0.1) is 30.8 Å². The monoisotopic (exact) mass is 423 g/mol. The second-order valence-electron chi connectivity index (χ2n) is 7.17. The Balaban J connectivity index is 2.04. The van der Waals surface area contributed by atoms with Gasteiger partial charge in [-0.05, 0) is 57.5 Å². The fraction of sp³-hybridized carbons (Fsp3) is 0.304. The predicted molar refractivity (Wildman–Crippen MR) is 121 cm³/mol. The molecule has 0 aliphatic carbocycles. The summed E-state index contributed by atoms with van der Waals surface area (Å²) in [6, 6.07) is 6.53. The van der Waals surface area contributed by atoms with Crippen LogP contribution in [0.15, 0.2) is 53.8 Å². The maximum absolute atomic E-state index is 13.3. The number of rotatable bonds is 8. The molecule has 2 aromatic heterocycles. The Labute approximate surface area is 181 Å². The topological polar surface area (TPSA) is 81.5 Å². The lowest BCUT2D eigenvalue weighted by Crippen LogP contribution is -2.20. The number of nitrogens with zero attached hydrogens (tertiary/aromatic N) is 4. The summed E-state index contributed by atoms with van der Waals surface area (Å²) in [5, 5.41) is 8.21. The van der Waals surface area contributed by atoms with Crippen molar-refractivity contribution in [3.05, 3.63) is 54.4 Å². The normalized spacial score (nSPS) is 12.4. The quantitative estimate of drug-likeness (QED) is 0.299. The lowest BCUT2D eigenvalue weighted by molar-refractivity contribution is 0.211. The zero-order valence-electron chi connectivity index (χ0n) is 18.3. The van der Waals surface area contributed by atoms with Crippen molar-refractivity contribution in [2.45, 2.75) is 40.2 Å². The van der Waals surface area contributed by atoms with E-state index in [1.807, 2.05) is 45.9 Å². The smallest absolute Gasteiger partial charge is 0.152 e. The lowest BCUT2D eigenvalue weighted by Gasteiger charge is -2.18. The summed E-state index contributed by atoms with van der Waals surface area (Å²) in [7, 11) is 1.58. The van der Waals surface area contributed by atoms with E-state index in [9.17, 15) is 4.39 Å². The van der Waals surface area contributed by atoms with Crippen molar-refractivity contribution in [1.82, 2.24) is 15.0 Å². The van der Waals surface area contributed by atoms with Crippen molar-refractivity contribution in [3.8, 4) is 17.0 Å². The SMILES string of the molecule is CC/C=C(/ON=C(C)C)C(C)Nc1ncnc2c(OC)cc(-c3ccc(F)cn3)cc12. The van der Waals surface area contributed by atoms with Crippen LogP contribution in [0.4, 0.5) is 10.2 Å². The van der Waals surface area contributed by atoms with E-state index in [0.717, 1.165) is 23.1 Å². The average molecular weight is 423 g/mol. The highest BCUT2D eigenvalue weighted by molar-refractivity contribution is 5.96. The van der Waals surface area contributed by atoms with Gasteiger partial charge in [-0.15, -0.1) is 0 Å². The van der Waals surface area contributed by atoms with Gasteiger partial charge in [0.1, 0.15) is 29.2 Å². The number of pyridine rings is 1. The largest absolute Gasteiger partial charge is 0.494 e. The van der Waals surface area contributed by atoms with E-state index in [1.165, 1.54) is 18.6 Å². The molecule has 8 heteroatoms. The van der Waals surface area contributed by atoms with Gasteiger partial charge in [0.15, 0.2) is 5.76 Å². The number of hydrogen-bond donors (Lipinski definition) is 1. The van der Waals surface area contributed by atoms with Gasteiger partial charge in [-0.25, -0.2) is 14.4 Å². The summed E-state index contributed by atoms with van der Waals surface area (Å²) in [6.45, 7) is 7.75. The van der Waals surface area contributed by atoms with Crippen LogP contribution in [0.2, 0.25) is 0 Å². The van der Waals surface area contributed by atoms with Crippen LogP contribution in [0.25, 0.3) is 22.2 Å². The first kappa shape index (κ1) is 22.1. The molecule has 0 amide bonds. The molecule has 1 N–H and O–H groups in total. The van der Waals surface area contributed by atoms with Gasteiger partial charge in [-0.2, -0.15) is 0 Å². The van der Waals surface area contributed by atoms with Crippen molar-refractivity contribution in [2.24, 2.45) is 5.16 Å². The minimum absolute atomic E-state index is 0.195. The zero-order valence-corrected chi connectivity index (χ0v) is 18.3. The fourth-order valence-electron chi connectivity index (χ4n) is 3.01. The molecule has 0 aliphatic rings. The molecule has 1 atom stereocenters. The number of aromatic nitrogens is 3. The Bertz CT molecular complexity index is 1110. The van der Waals surface area contributed by atoms with Crippen LogP contribution >= 0.6 is 0 Å². The van der Waals surface area contributed by atoms with Crippen LogP contribution in [-0.4, -0.2) is 33.8 Å². The molecule has 1 aromatic carbocycles. The van der Waals surface area contributed by atoms with E-state index in [4.69, 9.17) is 9.57 Å². The van der Waals surface area contributed by atoms with Gasteiger partial charge < -0.3 is 14.9 Å². The second-order valence-corrected chi connectivity index (χ2v) is 7.17. The number of methoxy groups -OCH3 is 1. The number of ether oxygens (including phenoxy) is 1. The number of benzene rings is 1. The van der Waals surface area contributed by atoms with Crippen molar-refractivity contribution >= 4 is 22.4 Å². The number of anilines is 1.